The first-order valence-electron chi connectivity index (χ1n) is 9.91. The van der Waals surface area contributed by atoms with Gasteiger partial charge in [0.15, 0.2) is 0 Å². The second-order valence-electron chi connectivity index (χ2n) is 6.83. The van der Waals surface area contributed by atoms with Gasteiger partial charge >= 0.3 is 5.97 Å². The number of nitrogens with zero attached hydrogens (tertiary/aromatic N) is 1. The molecule has 0 atom stereocenters. The molecule has 2 N–H and O–H groups in total. The molecule has 0 saturated carbocycles. The lowest BCUT2D eigenvalue weighted by Gasteiger charge is -2.15. The van der Waals surface area contributed by atoms with Crippen LogP contribution in [0.5, 0.6) is 5.75 Å². The van der Waals surface area contributed by atoms with Gasteiger partial charge in [-0.25, -0.2) is 4.79 Å². The van der Waals surface area contributed by atoms with Crippen LogP contribution in [0.3, 0.4) is 0 Å². The number of pyridine rings is 1. The van der Waals surface area contributed by atoms with E-state index in [4.69, 9.17) is 4.74 Å². The summed E-state index contributed by atoms with van der Waals surface area (Å²) in [6, 6.07) is 13.3. The number of fused-ring (bicyclic) bond motifs is 1. The predicted molar refractivity (Wildman–Crippen MR) is 115 cm³/mol. The second kappa shape index (κ2) is 9.26. The Labute approximate surface area is 173 Å². The van der Waals surface area contributed by atoms with Gasteiger partial charge in [0, 0.05) is 11.9 Å². The van der Waals surface area contributed by atoms with E-state index < -0.39 is 17.4 Å². The molecule has 7 nitrogen and oxygen atoms in total. The molecular formula is C23H24N2O5. The minimum absolute atomic E-state index is 0.175. The third-order valence-corrected chi connectivity index (χ3v) is 4.65. The number of ether oxygens (including phenoxy) is 1. The van der Waals surface area contributed by atoms with Gasteiger partial charge in [0.25, 0.3) is 11.5 Å². The molecule has 1 heterocycles. The van der Waals surface area contributed by atoms with Crippen molar-refractivity contribution >= 4 is 28.5 Å². The monoisotopic (exact) mass is 408 g/mol. The number of aromatic nitrogens is 1. The van der Waals surface area contributed by atoms with E-state index in [1.807, 2.05) is 13.8 Å². The van der Waals surface area contributed by atoms with Crippen molar-refractivity contribution in [3.63, 3.8) is 0 Å². The van der Waals surface area contributed by atoms with Crippen LogP contribution in [0.2, 0.25) is 0 Å². The van der Waals surface area contributed by atoms with Crippen LogP contribution >= 0.6 is 0 Å². The molecule has 0 saturated heterocycles. The van der Waals surface area contributed by atoms with E-state index in [2.05, 4.69) is 5.32 Å². The lowest BCUT2D eigenvalue weighted by Crippen LogP contribution is -2.30. The Morgan fingerprint density at radius 1 is 1.03 bits per heavy atom. The maximum absolute atomic E-state index is 13.0. The number of hydrogen-bond donors (Lipinski definition) is 2. The number of benzene rings is 2. The molecule has 1 aromatic heterocycles. The Balaban J connectivity index is 2.05. The van der Waals surface area contributed by atoms with E-state index in [0.717, 1.165) is 0 Å². The highest BCUT2D eigenvalue weighted by Gasteiger charge is 2.23. The summed E-state index contributed by atoms with van der Waals surface area (Å²) in [5.74, 6) is -1.74. The molecule has 30 heavy (non-hydrogen) atoms. The third kappa shape index (κ3) is 4.05. The van der Waals surface area contributed by atoms with Crippen molar-refractivity contribution in [2.45, 2.75) is 33.2 Å². The molecule has 0 fully saturated rings. The Hall–Kier alpha value is -3.61. The van der Waals surface area contributed by atoms with E-state index in [0.29, 0.717) is 30.3 Å². The summed E-state index contributed by atoms with van der Waals surface area (Å²) in [6.45, 7) is 4.46. The smallest absolute Gasteiger partial charge is 0.340 e. The minimum Gasteiger partial charge on any atom is -0.506 e. The molecule has 3 aromatic rings. The van der Waals surface area contributed by atoms with Gasteiger partial charge in [-0.05, 0) is 37.1 Å². The molecule has 0 unspecified atom stereocenters. The van der Waals surface area contributed by atoms with E-state index in [9.17, 15) is 19.5 Å². The van der Waals surface area contributed by atoms with E-state index in [1.165, 1.54) is 10.6 Å². The average Bonchev–Trinajstić information content (AvgIpc) is 2.75. The van der Waals surface area contributed by atoms with Gasteiger partial charge in [-0.1, -0.05) is 38.1 Å². The fourth-order valence-electron chi connectivity index (χ4n) is 3.27. The minimum atomic E-state index is -0.788. The van der Waals surface area contributed by atoms with Crippen molar-refractivity contribution in [2.75, 3.05) is 11.9 Å². The molecule has 156 valence electrons. The van der Waals surface area contributed by atoms with Crippen molar-refractivity contribution in [1.29, 1.82) is 0 Å². The van der Waals surface area contributed by atoms with Gasteiger partial charge < -0.3 is 19.7 Å². The highest BCUT2D eigenvalue weighted by Crippen LogP contribution is 2.27. The summed E-state index contributed by atoms with van der Waals surface area (Å²) in [4.78, 5) is 38.3. The molecule has 0 aliphatic heterocycles. The fraction of sp³-hybridized carbons (Fsp3) is 0.261. The normalized spacial score (nSPS) is 10.7. The lowest BCUT2D eigenvalue weighted by atomic mass is 10.1. The van der Waals surface area contributed by atoms with Crippen LogP contribution in [0.4, 0.5) is 5.69 Å². The van der Waals surface area contributed by atoms with Crippen LogP contribution < -0.4 is 10.9 Å². The number of amides is 1. The van der Waals surface area contributed by atoms with Crippen LogP contribution in [0.1, 0.15) is 47.4 Å². The fourth-order valence-corrected chi connectivity index (χ4v) is 3.27. The molecule has 0 aliphatic carbocycles. The summed E-state index contributed by atoms with van der Waals surface area (Å²) in [7, 11) is 0. The number of nitrogens with one attached hydrogen (secondary N) is 1. The van der Waals surface area contributed by atoms with Gasteiger partial charge in [0.2, 0.25) is 0 Å². The van der Waals surface area contributed by atoms with Crippen LogP contribution in [0, 0.1) is 0 Å². The van der Waals surface area contributed by atoms with Crippen molar-refractivity contribution in [2.24, 2.45) is 0 Å². The molecule has 7 heteroatoms. The standard InChI is InChI=1S/C23H24N2O5/c1-3-13-25-18-12-8-6-10-16(18)20(26)19(22(25)28)21(27)24-17-11-7-5-9-15(17)23(29)30-14-4-2/h5-12,26H,3-4,13-14H2,1-2H3,(H,24,27). The van der Waals surface area contributed by atoms with E-state index >= 15 is 0 Å². The van der Waals surface area contributed by atoms with Gasteiger partial charge in [-0.15, -0.1) is 0 Å². The number of aromatic hydroxyl groups is 1. The second-order valence-corrected chi connectivity index (χ2v) is 6.83. The molecule has 0 radical (unpaired) electrons. The number of anilines is 1. The number of carbonyl (C=O) groups is 2. The Morgan fingerprint density at radius 2 is 1.73 bits per heavy atom. The quantitative estimate of drug-likeness (QED) is 0.577. The zero-order valence-electron chi connectivity index (χ0n) is 17.0. The summed E-state index contributed by atoms with van der Waals surface area (Å²) >= 11 is 0. The van der Waals surface area contributed by atoms with Gasteiger partial charge in [0.1, 0.15) is 11.3 Å². The number of rotatable bonds is 7. The Bertz CT molecular complexity index is 1150. The highest BCUT2D eigenvalue weighted by molar-refractivity contribution is 6.11. The molecule has 1 amide bonds. The van der Waals surface area contributed by atoms with E-state index in [1.54, 1.807) is 42.5 Å². The summed E-state index contributed by atoms with van der Waals surface area (Å²) in [5, 5.41) is 13.7. The Kier molecular flexibility index (Phi) is 6.51. The van der Waals surface area contributed by atoms with Gasteiger partial charge in [-0.3, -0.25) is 9.59 Å². The first-order chi connectivity index (χ1) is 14.5. The lowest BCUT2D eigenvalue weighted by molar-refractivity contribution is 0.0506. The van der Waals surface area contributed by atoms with Crippen LogP contribution in [0.25, 0.3) is 10.9 Å². The molecule has 2 aromatic carbocycles. The largest absolute Gasteiger partial charge is 0.506 e. The zero-order chi connectivity index (χ0) is 21.7. The molecule has 0 bridgehead atoms. The van der Waals surface area contributed by atoms with Crippen molar-refractivity contribution in [3.05, 3.63) is 70.0 Å². The van der Waals surface area contributed by atoms with Crippen LogP contribution in [0.15, 0.2) is 53.3 Å². The topological polar surface area (TPSA) is 97.6 Å². The van der Waals surface area contributed by atoms with Crippen molar-refractivity contribution < 1.29 is 19.4 Å². The number of aryl methyl sites for hydroxylation is 1. The van der Waals surface area contributed by atoms with Gasteiger partial charge in [-0.2, -0.15) is 0 Å². The van der Waals surface area contributed by atoms with Crippen LogP contribution in [-0.2, 0) is 11.3 Å². The van der Waals surface area contributed by atoms with E-state index in [-0.39, 0.29) is 29.2 Å². The summed E-state index contributed by atoms with van der Waals surface area (Å²) < 4.78 is 6.63. The predicted octanol–water partition coefficient (Wildman–Crippen LogP) is 3.94. The molecular weight excluding hydrogens is 384 g/mol. The van der Waals surface area contributed by atoms with Gasteiger partial charge in [0.05, 0.1) is 23.4 Å². The van der Waals surface area contributed by atoms with Crippen LogP contribution in [-0.4, -0.2) is 28.2 Å². The highest BCUT2D eigenvalue weighted by atomic mass is 16.5. The number of esters is 1. The molecule has 0 aliphatic rings. The molecule has 3 rings (SSSR count). The number of carbonyl (C=O) groups excluding carboxylic acids is 2. The summed E-state index contributed by atoms with van der Waals surface area (Å²) in [5.41, 5.74) is -0.0107. The number of hydrogen-bond acceptors (Lipinski definition) is 5. The average molecular weight is 408 g/mol. The van der Waals surface area contributed by atoms with Crippen molar-refractivity contribution in [3.8, 4) is 5.75 Å². The maximum atomic E-state index is 13.0. The zero-order valence-corrected chi connectivity index (χ0v) is 17.0. The Morgan fingerprint density at radius 3 is 2.47 bits per heavy atom. The third-order valence-electron chi connectivity index (χ3n) is 4.65. The number of para-hydroxylation sites is 2. The summed E-state index contributed by atoms with van der Waals surface area (Å²) in [6.07, 6.45) is 1.35. The van der Waals surface area contributed by atoms with Crippen molar-refractivity contribution in [1.82, 2.24) is 4.57 Å². The molecule has 0 spiro atoms. The first kappa shape index (κ1) is 21.1. The first-order valence-corrected chi connectivity index (χ1v) is 9.91. The maximum Gasteiger partial charge on any atom is 0.340 e. The SMILES string of the molecule is CCCOC(=O)c1ccccc1NC(=O)c1c(O)c2ccccc2n(CCC)c1=O.